The number of aliphatic carboxylic acids is 2. The van der Waals surface area contributed by atoms with Gasteiger partial charge in [0.05, 0.1) is 0 Å². The van der Waals surface area contributed by atoms with E-state index in [-0.39, 0.29) is 25.9 Å². The van der Waals surface area contributed by atoms with Crippen LogP contribution in [0.4, 0.5) is 11.4 Å². The number of carboxylic acids is 2. The molecule has 0 unspecified atom stereocenters. The summed E-state index contributed by atoms with van der Waals surface area (Å²) in [7, 11) is 0. The van der Waals surface area contributed by atoms with Gasteiger partial charge in [-0.2, -0.15) is 0 Å². The summed E-state index contributed by atoms with van der Waals surface area (Å²) in [4.78, 5) is 22.7. The number of carbonyl (C=O) groups is 2. The predicted octanol–water partition coefficient (Wildman–Crippen LogP) is 7.45. The van der Waals surface area contributed by atoms with Gasteiger partial charge in [0.2, 0.25) is 0 Å². The smallest absolute Gasteiger partial charge is 0.300 e. The Balaban J connectivity index is 0. The molecule has 0 fully saturated rings. The zero-order valence-electron chi connectivity index (χ0n) is 24.9. The molecule has 0 aromatic heterocycles. The Kier molecular flexibility index (Phi) is 17.6. The van der Waals surface area contributed by atoms with E-state index < -0.39 is 11.9 Å². The van der Waals surface area contributed by atoms with E-state index in [0.717, 1.165) is 13.8 Å². The largest absolute Gasteiger partial charge is 0.481 e. The quantitative estimate of drug-likeness (QED) is 0.252. The van der Waals surface area contributed by atoms with Crippen LogP contribution in [-0.2, 0) is 30.0 Å². The molecule has 0 spiro atoms. The first kappa shape index (κ1) is 38.5. The van der Waals surface area contributed by atoms with Crippen molar-refractivity contribution in [1.82, 2.24) is 0 Å². The minimum absolute atomic E-state index is 0. The number of rotatable bonds is 6. The normalized spacial score (nSPS) is 11.9. The van der Waals surface area contributed by atoms with Crippen molar-refractivity contribution in [1.29, 1.82) is 0 Å². The first-order valence-corrected chi connectivity index (χ1v) is 12.9. The zero-order chi connectivity index (χ0) is 28.4. The number of hydrogen-bond acceptors (Lipinski definition) is 4. The molecule has 0 amide bonds. The van der Waals surface area contributed by atoms with Crippen molar-refractivity contribution in [3.05, 3.63) is 77.7 Å². The van der Waals surface area contributed by atoms with Gasteiger partial charge in [0.1, 0.15) is 0 Å². The van der Waals surface area contributed by atoms with Gasteiger partial charge in [0, 0.05) is 45.6 Å². The molecule has 4 N–H and O–H groups in total. The van der Waals surface area contributed by atoms with E-state index in [1.807, 2.05) is 0 Å². The van der Waals surface area contributed by atoms with E-state index in [4.69, 9.17) is 19.8 Å². The predicted molar refractivity (Wildman–Crippen MR) is 158 cm³/mol. The van der Waals surface area contributed by atoms with E-state index in [1.165, 1.54) is 33.6 Å². The maximum absolute atomic E-state index is 9.00. The van der Waals surface area contributed by atoms with Crippen molar-refractivity contribution < 1.29 is 45.7 Å². The first-order valence-electron chi connectivity index (χ1n) is 12.9. The summed E-state index contributed by atoms with van der Waals surface area (Å²) in [5.41, 5.74) is 8.29. The molecule has 1 heterocycles. The van der Waals surface area contributed by atoms with Crippen molar-refractivity contribution in [3.8, 4) is 0 Å². The molecule has 2 aromatic carbocycles. The monoisotopic (exact) mass is 633 g/mol. The van der Waals surface area contributed by atoms with Gasteiger partial charge in [0.25, 0.3) is 11.9 Å². The van der Waals surface area contributed by atoms with E-state index in [2.05, 4.69) is 121 Å². The van der Waals surface area contributed by atoms with Crippen LogP contribution in [0.25, 0.3) is 0 Å². The minimum Gasteiger partial charge on any atom is -0.481 e. The van der Waals surface area contributed by atoms with E-state index in [0.29, 0.717) is 23.7 Å². The van der Waals surface area contributed by atoms with Crippen LogP contribution in [0.3, 0.4) is 0 Å². The molecule has 0 bridgehead atoms. The third-order valence-electron chi connectivity index (χ3n) is 5.84. The third kappa shape index (κ3) is 11.5. The second-order valence-corrected chi connectivity index (χ2v) is 10.5. The summed E-state index contributed by atoms with van der Waals surface area (Å²) >= 11 is 0. The SMILES string of the molecule is CC(=O)O.CC(=O)O.CC(C)c1cccc(C(C)C)c1N1C=CN(c2c(C(C)C)cccc2C(C)C)[CH-]1.O.[Pd]. The van der Waals surface area contributed by atoms with Gasteiger partial charge < -0.3 is 25.5 Å². The van der Waals surface area contributed by atoms with Gasteiger partial charge in [0.15, 0.2) is 0 Å². The molecule has 8 heteroatoms. The average Bonchev–Trinajstić information content (AvgIpc) is 3.26. The molecule has 39 heavy (non-hydrogen) atoms. The summed E-state index contributed by atoms with van der Waals surface area (Å²) in [6, 6.07) is 13.5. The molecule has 222 valence electrons. The minimum atomic E-state index is -0.833. The van der Waals surface area contributed by atoms with Crippen LogP contribution >= 0.6 is 0 Å². The standard InChI is InChI=1S/C27H37N2.2C2H4O2.H2O.Pd/c1-18(2)22-11-9-12-23(19(3)4)26(22)28-15-16-29(17-28)27-24(20(5)6)13-10-14-25(27)21(7)8;2*1-2(3)4;;/h9-21H,1-8H3;2*1H3,(H,3,4);1H2;/q-1;;;;. The van der Waals surface area contributed by atoms with E-state index in [1.54, 1.807) is 0 Å². The van der Waals surface area contributed by atoms with Crippen molar-refractivity contribution in [2.75, 3.05) is 9.80 Å². The van der Waals surface area contributed by atoms with Crippen molar-refractivity contribution in [3.63, 3.8) is 0 Å². The molecule has 1 aliphatic heterocycles. The number of benzene rings is 2. The van der Waals surface area contributed by atoms with Gasteiger partial charge in [-0.3, -0.25) is 9.59 Å². The van der Waals surface area contributed by atoms with E-state index in [9.17, 15) is 0 Å². The Hall–Kier alpha value is -2.66. The van der Waals surface area contributed by atoms with Crippen LogP contribution in [0.5, 0.6) is 0 Å². The fraction of sp³-hybridized carbons (Fsp3) is 0.452. The topological polar surface area (TPSA) is 113 Å². The third-order valence-corrected chi connectivity index (χ3v) is 5.84. The maximum Gasteiger partial charge on any atom is 0.300 e. The molecule has 0 aliphatic carbocycles. The molecule has 0 saturated carbocycles. The summed E-state index contributed by atoms with van der Waals surface area (Å²) in [6.07, 6.45) is 4.43. The number of hydrogen-bond donors (Lipinski definition) is 2. The molecule has 0 atom stereocenters. The van der Waals surface area contributed by atoms with E-state index >= 15 is 0 Å². The Bertz CT molecular complexity index is 937. The molecule has 1 aliphatic rings. The Labute approximate surface area is 248 Å². The van der Waals surface area contributed by atoms with Crippen LogP contribution in [0, 0.1) is 6.67 Å². The Morgan fingerprint density at radius 2 is 0.821 bits per heavy atom. The number of para-hydroxylation sites is 2. The van der Waals surface area contributed by atoms with Crippen LogP contribution in [0.2, 0.25) is 0 Å². The molecular weight excluding hydrogens is 587 g/mol. The Morgan fingerprint density at radius 1 is 0.615 bits per heavy atom. The fourth-order valence-electron chi connectivity index (χ4n) is 4.24. The van der Waals surface area contributed by atoms with Gasteiger partial charge in [-0.25, -0.2) is 0 Å². The van der Waals surface area contributed by atoms with Crippen LogP contribution in [0.1, 0.15) is 115 Å². The second kappa shape index (κ2) is 17.8. The molecule has 7 nitrogen and oxygen atoms in total. The van der Waals surface area contributed by atoms with Gasteiger partial charge in [-0.15, -0.1) is 6.67 Å². The van der Waals surface area contributed by atoms with Gasteiger partial charge in [-0.1, -0.05) is 91.8 Å². The van der Waals surface area contributed by atoms with Crippen LogP contribution in [-0.4, -0.2) is 27.6 Å². The molecule has 0 radical (unpaired) electrons. The maximum atomic E-state index is 9.00. The van der Waals surface area contributed by atoms with Crippen molar-refractivity contribution in [2.24, 2.45) is 0 Å². The summed E-state index contributed by atoms with van der Waals surface area (Å²) in [5, 5.41) is 14.8. The average molecular weight is 634 g/mol. The van der Waals surface area contributed by atoms with Gasteiger partial charge in [-0.05, 0) is 58.3 Å². The summed E-state index contributed by atoms with van der Waals surface area (Å²) in [5.74, 6) is 0.255. The fourth-order valence-corrected chi connectivity index (χ4v) is 4.24. The number of anilines is 2. The molecule has 0 saturated heterocycles. The van der Waals surface area contributed by atoms with Crippen LogP contribution in [0.15, 0.2) is 48.8 Å². The Morgan fingerprint density at radius 3 is 1.00 bits per heavy atom. The summed E-state index contributed by atoms with van der Waals surface area (Å²) < 4.78 is 0. The first-order chi connectivity index (χ1) is 17.2. The van der Waals surface area contributed by atoms with Crippen molar-refractivity contribution >= 4 is 23.3 Å². The number of nitrogens with zero attached hydrogens (tertiary/aromatic N) is 2. The molecule has 3 rings (SSSR count). The van der Waals surface area contributed by atoms with Gasteiger partial charge >= 0.3 is 0 Å². The van der Waals surface area contributed by atoms with Crippen molar-refractivity contribution in [2.45, 2.75) is 92.9 Å². The molecule has 2 aromatic rings. The number of carboxylic acid groups (broad SMARTS) is 2. The summed E-state index contributed by atoms with van der Waals surface area (Å²) in [6.45, 7) is 22.7. The zero-order valence-corrected chi connectivity index (χ0v) is 26.5. The second-order valence-electron chi connectivity index (χ2n) is 10.5. The molecular formula is C31H47N2O5Pd-. The van der Waals surface area contributed by atoms with Crippen LogP contribution < -0.4 is 9.80 Å².